The molecule has 1 aromatic carbocycles. The van der Waals surface area contributed by atoms with Crippen LogP contribution in [-0.2, 0) is 23.8 Å². The minimum Gasteiger partial charge on any atom is -0.350 e. The van der Waals surface area contributed by atoms with Crippen molar-refractivity contribution in [3.05, 3.63) is 29.1 Å². The normalized spacial score (nSPS) is 24.6. The molecule has 0 amide bonds. The molecule has 29 heavy (non-hydrogen) atoms. The minimum atomic E-state index is -6.08. The van der Waals surface area contributed by atoms with E-state index in [9.17, 15) is 43.5 Å². The first-order valence-electron chi connectivity index (χ1n) is 7.88. The molecule has 0 radical (unpaired) electrons. The lowest BCUT2D eigenvalue weighted by molar-refractivity contribution is -0.298. The lowest BCUT2D eigenvalue weighted by Gasteiger charge is -2.38. The minimum absolute atomic E-state index is 0.0362. The number of alkyl halides is 3. The van der Waals surface area contributed by atoms with Crippen molar-refractivity contribution in [2.75, 3.05) is 13.2 Å². The molecule has 0 spiro atoms. The van der Waals surface area contributed by atoms with Crippen LogP contribution in [0.2, 0.25) is 0 Å². The third-order valence-corrected chi connectivity index (χ3v) is 5.27. The van der Waals surface area contributed by atoms with E-state index in [-0.39, 0.29) is 19.1 Å². The lowest BCUT2D eigenvalue weighted by Crippen LogP contribution is -2.47. The number of halogens is 8. The zero-order chi connectivity index (χ0) is 22.4. The number of hydrogen-bond acceptors (Lipinski definition) is 5. The quantitative estimate of drug-likeness (QED) is 0.291. The molecular weight excluding hydrogens is 444 g/mol. The summed E-state index contributed by atoms with van der Waals surface area (Å²) in [4.78, 5) is -2.53. The van der Waals surface area contributed by atoms with E-state index >= 15 is 0 Å². The van der Waals surface area contributed by atoms with E-state index in [4.69, 9.17) is 9.47 Å². The molecule has 0 saturated carbocycles. The molecule has 14 heteroatoms. The zero-order valence-electron chi connectivity index (χ0n) is 14.7. The highest BCUT2D eigenvalue weighted by Crippen LogP contribution is 2.37. The summed E-state index contributed by atoms with van der Waals surface area (Å²) in [6, 6.07) is 0. The molecule has 1 aliphatic rings. The second-order valence-electron chi connectivity index (χ2n) is 6.54. The summed E-state index contributed by atoms with van der Waals surface area (Å²) >= 11 is 0. The Bertz CT molecular complexity index is 849. The van der Waals surface area contributed by atoms with E-state index in [1.54, 1.807) is 6.92 Å². The maximum Gasteiger partial charge on any atom is 0.416 e. The van der Waals surface area contributed by atoms with Crippen LogP contribution in [0.3, 0.4) is 0 Å². The first-order valence-corrected chi connectivity index (χ1v) is 9.29. The average Bonchev–Trinajstić information content (AvgIpc) is 2.59. The van der Waals surface area contributed by atoms with Crippen molar-refractivity contribution >= 4 is 10.1 Å². The predicted octanol–water partition coefficient (Wildman–Crippen LogP) is 3.81. The van der Waals surface area contributed by atoms with Gasteiger partial charge in [-0.15, -0.1) is 0 Å². The maximum absolute atomic E-state index is 13.7. The average molecular weight is 458 g/mol. The molecule has 1 heterocycles. The number of hydrogen-bond donors (Lipinski definition) is 0. The van der Waals surface area contributed by atoms with Gasteiger partial charge in [0.2, 0.25) is 5.82 Å². The van der Waals surface area contributed by atoms with Gasteiger partial charge in [-0.2, -0.15) is 21.6 Å². The summed E-state index contributed by atoms with van der Waals surface area (Å²) in [5.41, 5.74) is 0. The number of benzene rings is 1. The van der Waals surface area contributed by atoms with Gasteiger partial charge in [-0.3, -0.25) is 4.18 Å². The lowest BCUT2D eigenvalue weighted by atomic mass is 10.1. The van der Waals surface area contributed by atoms with E-state index in [0.29, 0.717) is 0 Å². The number of rotatable bonds is 5. The Kier molecular flexibility index (Phi) is 6.53. The van der Waals surface area contributed by atoms with Crippen LogP contribution >= 0.6 is 0 Å². The molecule has 0 N–H and O–H groups in total. The summed E-state index contributed by atoms with van der Waals surface area (Å²) < 4.78 is 145. The first-order chi connectivity index (χ1) is 13.1. The Morgan fingerprint density at radius 1 is 1.00 bits per heavy atom. The molecule has 1 atom stereocenters. The summed E-state index contributed by atoms with van der Waals surface area (Å²) in [7, 11) is -6.08. The van der Waals surface area contributed by atoms with Gasteiger partial charge in [0.15, 0.2) is 40.1 Å². The van der Waals surface area contributed by atoms with E-state index in [2.05, 4.69) is 4.18 Å². The van der Waals surface area contributed by atoms with Crippen LogP contribution in [0.5, 0.6) is 0 Å². The van der Waals surface area contributed by atoms with Gasteiger partial charge >= 0.3 is 16.3 Å². The zero-order valence-corrected chi connectivity index (χ0v) is 15.6. The summed E-state index contributed by atoms with van der Waals surface area (Å²) in [5.74, 6) is -15.9. The smallest absolute Gasteiger partial charge is 0.350 e. The Hall–Kier alpha value is -1.51. The molecular formula is C15H14F8O5S. The van der Waals surface area contributed by atoms with E-state index in [0.717, 1.165) is 6.92 Å². The standard InChI is InChI=1S/C15H14F8O5S/c1-6-4-26-14(2,27-5-6)3-7(15(21,22)23)28-29(24,25)13-11(19)9(17)8(16)10(18)12(13)20/h6-7H,3-5H2,1-2H3. The van der Waals surface area contributed by atoms with Crippen LogP contribution in [0.15, 0.2) is 4.90 Å². The summed E-state index contributed by atoms with van der Waals surface area (Å²) in [5, 5.41) is 0. The fourth-order valence-corrected chi connectivity index (χ4v) is 3.59. The molecule has 1 fully saturated rings. The van der Waals surface area contributed by atoms with Crippen LogP contribution in [-0.4, -0.2) is 39.7 Å². The van der Waals surface area contributed by atoms with Crippen molar-refractivity contribution in [3.63, 3.8) is 0 Å². The van der Waals surface area contributed by atoms with Crippen molar-refractivity contribution < 1.29 is 57.2 Å². The Morgan fingerprint density at radius 3 is 1.83 bits per heavy atom. The van der Waals surface area contributed by atoms with Crippen LogP contribution in [0, 0.1) is 35.0 Å². The van der Waals surface area contributed by atoms with Gasteiger partial charge in [-0.05, 0) is 6.92 Å². The van der Waals surface area contributed by atoms with Gasteiger partial charge in [0.25, 0.3) is 0 Å². The first kappa shape index (κ1) is 23.8. The van der Waals surface area contributed by atoms with E-state index < -0.39 is 68.6 Å². The fourth-order valence-electron chi connectivity index (χ4n) is 2.39. The Balaban J connectivity index is 2.42. The van der Waals surface area contributed by atoms with Gasteiger partial charge < -0.3 is 9.47 Å². The Morgan fingerprint density at radius 2 is 1.41 bits per heavy atom. The van der Waals surface area contributed by atoms with Crippen molar-refractivity contribution in [1.82, 2.24) is 0 Å². The molecule has 2 rings (SSSR count). The van der Waals surface area contributed by atoms with Crippen LogP contribution < -0.4 is 0 Å². The Labute approximate surface area is 159 Å². The SMILES string of the molecule is CC1COC(C)(CC(OS(=O)(=O)c2c(F)c(F)c(F)c(F)c2F)C(F)(F)F)OC1. The fraction of sp³-hybridized carbons (Fsp3) is 0.600. The topological polar surface area (TPSA) is 61.8 Å². The van der Waals surface area contributed by atoms with E-state index in [1.165, 1.54) is 0 Å². The van der Waals surface area contributed by atoms with E-state index in [1.807, 2.05) is 0 Å². The number of ether oxygens (including phenoxy) is 2. The molecule has 1 unspecified atom stereocenters. The third kappa shape index (κ3) is 4.98. The molecule has 1 aliphatic heterocycles. The molecule has 0 bridgehead atoms. The molecule has 166 valence electrons. The largest absolute Gasteiger partial charge is 0.416 e. The van der Waals surface area contributed by atoms with Gasteiger partial charge in [0.05, 0.1) is 13.2 Å². The van der Waals surface area contributed by atoms with Crippen LogP contribution in [0.25, 0.3) is 0 Å². The second kappa shape index (κ2) is 7.96. The summed E-state index contributed by atoms with van der Waals surface area (Å²) in [6.45, 7) is 2.63. The predicted molar refractivity (Wildman–Crippen MR) is 78.4 cm³/mol. The van der Waals surface area contributed by atoms with Crippen molar-refractivity contribution in [3.8, 4) is 0 Å². The van der Waals surface area contributed by atoms with Crippen LogP contribution in [0.4, 0.5) is 35.1 Å². The van der Waals surface area contributed by atoms with Crippen molar-refractivity contribution in [2.45, 2.75) is 43.2 Å². The maximum atomic E-state index is 13.7. The molecule has 5 nitrogen and oxygen atoms in total. The highest BCUT2D eigenvalue weighted by atomic mass is 32.2. The second-order valence-corrected chi connectivity index (χ2v) is 8.05. The van der Waals surface area contributed by atoms with Crippen LogP contribution in [0.1, 0.15) is 20.3 Å². The third-order valence-electron chi connectivity index (χ3n) is 3.93. The van der Waals surface area contributed by atoms with Gasteiger partial charge in [0, 0.05) is 12.3 Å². The van der Waals surface area contributed by atoms with Gasteiger partial charge in [0.1, 0.15) is 0 Å². The molecule has 1 aromatic rings. The highest BCUT2D eigenvalue weighted by molar-refractivity contribution is 7.86. The monoisotopic (exact) mass is 458 g/mol. The highest BCUT2D eigenvalue weighted by Gasteiger charge is 2.50. The van der Waals surface area contributed by atoms with Crippen molar-refractivity contribution in [1.29, 1.82) is 0 Å². The summed E-state index contributed by atoms with van der Waals surface area (Å²) in [6.07, 6.45) is -9.98. The molecule has 1 saturated heterocycles. The molecule has 0 aromatic heterocycles. The molecule has 0 aliphatic carbocycles. The van der Waals surface area contributed by atoms with Crippen molar-refractivity contribution in [2.24, 2.45) is 5.92 Å². The van der Waals surface area contributed by atoms with Gasteiger partial charge in [-0.25, -0.2) is 22.0 Å². The van der Waals surface area contributed by atoms with Gasteiger partial charge in [-0.1, -0.05) is 6.92 Å².